The maximum atomic E-state index is 9.78. The molecule has 0 aliphatic heterocycles. The van der Waals surface area contributed by atoms with Crippen molar-refractivity contribution < 1.29 is 0 Å². The second-order valence-electron chi connectivity index (χ2n) is 10.5. The smallest absolute Gasteiger partial charge is 0.159 e. The lowest BCUT2D eigenvalue weighted by Gasteiger charge is -2.12. The topological polar surface area (TPSA) is 54.5 Å². The first-order chi connectivity index (χ1) is 20.8. The molecule has 9 rings (SSSR count). The zero-order chi connectivity index (χ0) is 27.8. The minimum absolute atomic E-state index is 0.310. The largest absolute Gasteiger partial charge is 0.309 e. The quantitative estimate of drug-likeness (QED) is 0.201. The highest BCUT2D eigenvalue weighted by Crippen LogP contribution is 2.43. The van der Waals surface area contributed by atoms with Gasteiger partial charge in [0.25, 0.3) is 0 Å². The lowest BCUT2D eigenvalue weighted by Crippen LogP contribution is -1.94. The van der Waals surface area contributed by atoms with E-state index < -0.39 is 0 Å². The molecule has 0 atom stereocenters. The van der Waals surface area contributed by atoms with Gasteiger partial charge in [-0.25, -0.2) is 4.98 Å². The molecule has 4 nitrogen and oxygen atoms in total. The molecule has 0 N–H and O–H groups in total. The van der Waals surface area contributed by atoms with E-state index in [-0.39, 0.29) is 0 Å². The number of nitrogens with zero attached hydrogens (tertiary/aromatic N) is 4. The number of para-hydroxylation sites is 2. The number of thiophene rings is 1. The van der Waals surface area contributed by atoms with Crippen LogP contribution in [0.5, 0.6) is 0 Å². The third-order valence-electron chi connectivity index (χ3n) is 8.25. The lowest BCUT2D eigenvalue weighted by atomic mass is 9.94. The van der Waals surface area contributed by atoms with Gasteiger partial charge >= 0.3 is 0 Å². The van der Waals surface area contributed by atoms with Crippen LogP contribution in [-0.4, -0.2) is 14.5 Å². The van der Waals surface area contributed by atoms with Gasteiger partial charge in [-0.3, -0.25) is 4.98 Å². The van der Waals surface area contributed by atoms with Crippen molar-refractivity contribution in [1.82, 2.24) is 14.5 Å². The molecular formula is C37H20N4S. The van der Waals surface area contributed by atoms with Crippen molar-refractivity contribution in [3.8, 4) is 22.9 Å². The zero-order valence-electron chi connectivity index (χ0n) is 22.2. The molecule has 3 heterocycles. The highest BCUT2D eigenvalue weighted by molar-refractivity contribution is 7.25. The van der Waals surface area contributed by atoms with E-state index in [2.05, 4.69) is 120 Å². The molecule has 9 aromatic rings. The Morgan fingerprint density at radius 1 is 0.619 bits per heavy atom. The fraction of sp³-hybridized carbons (Fsp3) is 0. The standard InChI is InChI=1S/C37H20N4S/c38-20-23-21-39-36-28-19-34-29(25-11-5-7-16-33(25)42-34)17-22(28)18-30(37(36)40-23)26-13-8-15-32-35(26)27-12-4-6-14-31(27)41(32)24-9-2-1-3-10-24/h1-19,21H. The van der Waals surface area contributed by atoms with Gasteiger partial charge in [0.15, 0.2) is 5.69 Å². The van der Waals surface area contributed by atoms with Crippen LogP contribution < -0.4 is 0 Å². The van der Waals surface area contributed by atoms with Gasteiger partial charge in [0, 0.05) is 47.6 Å². The minimum atomic E-state index is 0.310. The summed E-state index contributed by atoms with van der Waals surface area (Å²) in [7, 11) is 0. The van der Waals surface area contributed by atoms with E-state index in [1.54, 1.807) is 17.5 Å². The molecule has 0 amide bonds. The summed E-state index contributed by atoms with van der Waals surface area (Å²) in [4.78, 5) is 9.70. The Morgan fingerprint density at radius 2 is 1.40 bits per heavy atom. The van der Waals surface area contributed by atoms with Crippen molar-refractivity contribution in [3.05, 3.63) is 127 Å². The highest BCUT2D eigenvalue weighted by atomic mass is 32.1. The van der Waals surface area contributed by atoms with Crippen LogP contribution in [-0.2, 0) is 0 Å². The Bertz CT molecular complexity index is 2590. The normalized spacial score (nSPS) is 11.8. The third-order valence-corrected chi connectivity index (χ3v) is 9.38. The fourth-order valence-corrected chi connectivity index (χ4v) is 7.60. The van der Waals surface area contributed by atoms with E-state index in [0.29, 0.717) is 5.69 Å². The fourth-order valence-electron chi connectivity index (χ4n) is 6.47. The molecular weight excluding hydrogens is 533 g/mol. The molecule has 0 unspecified atom stereocenters. The summed E-state index contributed by atoms with van der Waals surface area (Å²) in [6, 6.07) is 43.0. The van der Waals surface area contributed by atoms with E-state index >= 15 is 0 Å². The SMILES string of the molecule is N#Cc1cnc2c(n1)c(-c1cccc3c1c1ccccc1n3-c1ccccc1)cc1cc3c(cc12)sc1ccccc13. The van der Waals surface area contributed by atoms with E-state index in [9.17, 15) is 5.26 Å². The Morgan fingerprint density at radius 3 is 2.29 bits per heavy atom. The number of aromatic nitrogens is 3. The van der Waals surface area contributed by atoms with Gasteiger partial charge in [-0.2, -0.15) is 5.26 Å². The van der Waals surface area contributed by atoms with E-state index in [0.717, 1.165) is 55.0 Å². The molecule has 6 aromatic carbocycles. The maximum Gasteiger partial charge on any atom is 0.159 e. The van der Waals surface area contributed by atoms with E-state index in [1.165, 1.54) is 25.6 Å². The van der Waals surface area contributed by atoms with E-state index in [1.807, 2.05) is 6.07 Å². The number of hydrogen-bond donors (Lipinski definition) is 0. The lowest BCUT2D eigenvalue weighted by molar-refractivity contribution is 1.18. The van der Waals surface area contributed by atoms with Gasteiger partial charge in [0.05, 0.1) is 28.3 Å². The number of benzene rings is 6. The summed E-state index contributed by atoms with van der Waals surface area (Å²) in [5.74, 6) is 0. The molecule has 194 valence electrons. The summed E-state index contributed by atoms with van der Waals surface area (Å²) in [5.41, 5.74) is 7.29. The van der Waals surface area contributed by atoms with Gasteiger partial charge in [-0.05, 0) is 59.5 Å². The predicted octanol–water partition coefficient (Wildman–Crippen LogP) is 9.79. The van der Waals surface area contributed by atoms with Gasteiger partial charge in [-0.1, -0.05) is 66.7 Å². The van der Waals surface area contributed by atoms with Gasteiger partial charge in [0.2, 0.25) is 0 Å². The third kappa shape index (κ3) is 3.21. The molecule has 0 aliphatic rings. The predicted molar refractivity (Wildman–Crippen MR) is 174 cm³/mol. The molecule has 0 saturated heterocycles. The maximum absolute atomic E-state index is 9.78. The summed E-state index contributed by atoms with van der Waals surface area (Å²) in [6.45, 7) is 0. The van der Waals surface area contributed by atoms with Crippen LogP contribution in [0.15, 0.2) is 121 Å². The number of hydrogen-bond acceptors (Lipinski definition) is 4. The Hall–Kier alpha value is -5.57. The second-order valence-corrected chi connectivity index (χ2v) is 11.6. The number of rotatable bonds is 2. The number of fused-ring (bicyclic) bond motifs is 9. The van der Waals surface area contributed by atoms with Gasteiger partial charge < -0.3 is 4.57 Å². The minimum Gasteiger partial charge on any atom is -0.309 e. The molecule has 0 bridgehead atoms. The molecule has 0 spiro atoms. The summed E-state index contributed by atoms with van der Waals surface area (Å²) < 4.78 is 4.81. The summed E-state index contributed by atoms with van der Waals surface area (Å²) in [5, 5.41) is 16.8. The molecule has 0 fully saturated rings. The van der Waals surface area contributed by atoms with Crippen molar-refractivity contribution >= 4 is 75.1 Å². The second kappa shape index (κ2) is 8.71. The Kier molecular flexibility index (Phi) is 4.81. The number of nitriles is 1. The van der Waals surface area contributed by atoms with Gasteiger partial charge in [-0.15, -0.1) is 11.3 Å². The molecule has 0 aliphatic carbocycles. The summed E-state index contributed by atoms with van der Waals surface area (Å²) >= 11 is 1.79. The average Bonchev–Trinajstić information content (AvgIpc) is 3.59. The first-order valence-electron chi connectivity index (χ1n) is 13.8. The molecule has 0 radical (unpaired) electrons. The van der Waals surface area contributed by atoms with Crippen LogP contribution in [0.4, 0.5) is 0 Å². The van der Waals surface area contributed by atoms with Crippen molar-refractivity contribution in [2.24, 2.45) is 0 Å². The monoisotopic (exact) mass is 552 g/mol. The van der Waals surface area contributed by atoms with Crippen LogP contribution in [0.25, 0.3) is 80.6 Å². The first kappa shape index (κ1) is 23.2. The van der Waals surface area contributed by atoms with E-state index in [4.69, 9.17) is 9.97 Å². The van der Waals surface area contributed by atoms with Crippen molar-refractivity contribution in [3.63, 3.8) is 0 Å². The Labute approximate surface area is 244 Å². The highest BCUT2D eigenvalue weighted by Gasteiger charge is 2.20. The van der Waals surface area contributed by atoms with Gasteiger partial charge in [0.1, 0.15) is 6.07 Å². The van der Waals surface area contributed by atoms with Crippen LogP contribution in [0, 0.1) is 11.3 Å². The molecule has 0 saturated carbocycles. The van der Waals surface area contributed by atoms with Crippen LogP contribution in [0.1, 0.15) is 5.69 Å². The molecule has 5 heteroatoms. The van der Waals surface area contributed by atoms with Crippen molar-refractivity contribution in [1.29, 1.82) is 5.26 Å². The van der Waals surface area contributed by atoms with Crippen LogP contribution in [0.3, 0.4) is 0 Å². The Balaban J connectivity index is 1.45. The average molecular weight is 553 g/mol. The zero-order valence-corrected chi connectivity index (χ0v) is 23.1. The molecule has 42 heavy (non-hydrogen) atoms. The van der Waals surface area contributed by atoms with Crippen LogP contribution in [0.2, 0.25) is 0 Å². The summed E-state index contributed by atoms with van der Waals surface area (Å²) in [6.07, 6.45) is 1.59. The molecule has 3 aromatic heterocycles. The van der Waals surface area contributed by atoms with Crippen LogP contribution >= 0.6 is 11.3 Å². The first-order valence-corrected chi connectivity index (χ1v) is 14.6. The van der Waals surface area contributed by atoms with Crippen molar-refractivity contribution in [2.45, 2.75) is 0 Å². The van der Waals surface area contributed by atoms with Crippen molar-refractivity contribution in [2.75, 3.05) is 0 Å².